The molecule has 0 spiro atoms. The number of amides is 1. The number of nitrogens with zero attached hydrogens (tertiary/aromatic N) is 2. The largest absolute Gasteiger partial charge is 0.378 e. The number of carbonyl (C=O) groups excluding carboxylic acids is 1. The van der Waals surface area contributed by atoms with Gasteiger partial charge < -0.3 is 14.2 Å². The number of anilines is 1. The Morgan fingerprint density at radius 3 is 2.48 bits per heavy atom. The Hall–Kier alpha value is -2.91. The molecule has 1 fully saturated rings. The van der Waals surface area contributed by atoms with Crippen molar-refractivity contribution in [2.45, 2.75) is 18.7 Å². The van der Waals surface area contributed by atoms with E-state index >= 15 is 0 Å². The van der Waals surface area contributed by atoms with Crippen molar-refractivity contribution in [1.82, 2.24) is 10.1 Å². The van der Waals surface area contributed by atoms with Crippen LogP contribution in [0.3, 0.4) is 0 Å². The fraction of sp³-hybridized carbons (Fsp3) is 0.300. The van der Waals surface area contributed by atoms with E-state index in [1.54, 1.807) is 4.90 Å². The zero-order chi connectivity index (χ0) is 20.6. The third-order valence-electron chi connectivity index (χ3n) is 4.97. The zero-order valence-corrected chi connectivity index (χ0v) is 17.0. The minimum Gasteiger partial charge on any atom is -0.378 e. The summed E-state index contributed by atoms with van der Waals surface area (Å²) >= 11 is 0. The summed E-state index contributed by atoms with van der Waals surface area (Å²) < 4.78 is 39.1. The topological polar surface area (TPSA) is 102 Å². The van der Waals surface area contributed by atoms with E-state index in [1.807, 2.05) is 32.0 Å². The number of hydrogen-bond donors (Lipinski definition) is 1. The number of para-hydroxylation sites is 1. The first kappa shape index (κ1) is 19.4. The Morgan fingerprint density at radius 1 is 1.10 bits per heavy atom. The van der Waals surface area contributed by atoms with Crippen molar-refractivity contribution in [2.75, 3.05) is 31.0 Å². The molecule has 0 unspecified atom stereocenters. The lowest BCUT2D eigenvalue weighted by Crippen LogP contribution is -2.40. The normalized spacial score (nSPS) is 14.9. The van der Waals surface area contributed by atoms with E-state index in [4.69, 9.17) is 9.26 Å². The molecular weight excluding hydrogens is 394 g/mol. The Labute approximate surface area is 168 Å². The van der Waals surface area contributed by atoms with E-state index in [9.17, 15) is 13.2 Å². The van der Waals surface area contributed by atoms with Crippen LogP contribution in [0.15, 0.2) is 45.8 Å². The summed E-state index contributed by atoms with van der Waals surface area (Å²) in [5.74, 6) is -0.302. The first-order valence-corrected chi connectivity index (χ1v) is 10.7. The van der Waals surface area contributed by atoms with E-state index in [0.717, 1.165) is 11.1 Å². The molecule has 4 rings (SSSR count). The van der Waals surface area contributed by atoms with Crippen molar-refractivity contribution >= 4 is 32.6 Å². The van der Waals surface area contributed by atoms with E-state index in [2.05, 4.69) is 9.88 Å². The number of sulfonamides is 1. The second kappa shape index (κ2) is 7.49. The molecule has 0 saturated carbocycles. The number of rotatable bonds is 4. The van der Waals surface area contributed by atoms with Gasteiger partial charge in [0, 0.05) is 13.1 Å². The summed E-state index contributed by atoms with van der Waals surface area (Å²) in [6, 6.07) is 9.93. The highest BCUT2D eigenvalue weighted by Crippen LogP contribution is 2.27. The number of hydrogen-bond acceptors (Lipinski definition) is 6. The number of aromatic nitrogens is 1. The van der Waals surface area contributed by atoms with Gasteiger partial charge in [-0.15, -0.1) is 0 Å². The van der Waals surface area contributed by atoms with Crippen LogP contribution in [0.4, 0.5) is 5.69 Å². The molecule has 0 aliphatic carbocycles. The second-order valence-electron chi connectivity index (χ2n) is 6.97. The van der Waals surface area contributed by atoms with Crippen molar-refractivity contribution in [1.29, 1.82) is 0 Å². The molecule has 3 aromatic rings. The van der Waals surface area contributed by atoms with Crippen molar-refractivity contribution in [3.05, 3.63) is 53.2 Å². The average molecular weight is 415 g/mol. The number of ether oxygens (including phenoxy) is 1. The van der Waals surface area contributed by atoms with Gasteiger partial charge in [0.1, 0.15) is 0 Å². The van der Waals surface area contributed by atoms with Crippen LogP contribution in [-0.2, 0) is 14.8 Å². The fourth-order valence-corrected chi connectivity index (χ4v) is 4.55. The van der Waals surface area contributed by atoms with Crippen molar-refractivity contribution < 1.29 is 22.5 Å². The molecule has 29 heavy (non-hydrogen) atoms. The summed E-state index contributed by atoms with van der Waals surface area (Å²) in [6.07, 6.45) is 0. The highest BCUT2D eigenvalue weighted by Gasteiger charge is 2.26. The maximum absolute atomic E-state index is 13.0. The number of nitrogens with one attached hydrogen (secondary N) is 1. The predicted molar refractivity (Wildman–Crippen MR) is 107 cm³/mol. The molecule has 152 valence electrons. The van der Waals surface area contributed by atoms with E-state index in [1.165, 1.54) is 18.2 Å². The molecule has 1 saturated heterocycles. The maximum atomic E-state index is 13.0. The quantitative estimate of drug-likeness (QED) is 0.703. The predicted octanol–water partition coefficient (Wildman–Crippen LogP) is 2.72. The van der Waals surface area contributed by atoms with Gasteiger partial charge in [0.2, 0.25) is 0 Å². The molecule has 1 amide bonds. The summed E-state index contributed by atoms with van der Waals surface area (Å²) in [4.78, 5) is 14.5. The van der Waals surface area contributed by atoms with Crippen LogP contribution in [0.2, 0.25) is 0 Å². The molecule has 9 heteroatoms. The first-order chi connectivity index (χ1) is 13.9. The minimum absolute atomic E-state index is 0.0341. The highest BCUT2D eigenvalue weighted by atomic mass is 32.2. The van der Waals surface area contributed by atoms with Crippen LogP contribution in [0.5, 0.6) is 0 Å². The third kappa shape index (κ3) is 3.70. The summed E-state index contributed by atoms with van der Waals surface area (Å²) in [5.41, 5.74) is 2.65. The van der Waals surface area contributed by atoms with Crippen LogP contribution in [0.25, 0.3) is 11.0 Å². The van der Waals surface area contributed by atoms with Crippen LogP contribution in [0.1, 0.15) is 21.6 Å². The summed E-state index contributed by atoms with van der Waals surface area (Å²) in [6.45, 7) is 5.51. The molecule has 0 radical (unpaired) electrons. The van der Waals surface area contributed by atoms with Crippen LogP contribution in [0, 0.1) is 13.8 Å². The molecule has 1 N–H and O–H groups in total. The smallest absolute Gasteiger partial charge is 0.276 e. The van der Waals surface area contributed by atoms with Crippen LogP contribution in [-0.4, -0.2) is 50.7 Å². The average Bonchev–Trinajstić information content (AvgIpc) is 3.14. The molecule has 1 aromatic heterocycles. The molecular formula is C20H21N3O5S. The van der Waals surface area contributed by atoms with Crippen molar-refractivity contribution in [3.63, 3.8) is 0 Å². The van der Waals surface area contributed by atoms with Gasteiger partial charge in [-0.05, 0) is 43.2 Å². The van der Waals surface area contributed by atoms with Crippen molar-refractivity contribution in [3.8, 4) is 0 Å². The number of morpholine rings is 1. The summed E-state index contributed by atoms with van der Waals surface area (Å²) in [5, 5.41) is 4.25. The maximum Gasteiger partial charge on any atom is 0.276 e. The zero-order valence-electron chi connectivity index (χ0n) is 16.1. The lowest BCUT2D eigenvalue weighted by atomic mass is 10.1. The minimum atomic E-state index is -3.86. The standard InChI is InChI=1S/C20H21N3O5S/c1-13-4-3-5-14(2)18(13)22-29(25,26)15-6-7-17-16(12-15)19(21-28-17)20(24)23-8-10-27-11-9-23/h3-7,12,22H,8-11H2,1-2H3. The number of aryl methyl sites for hydroxylation is 2. The Balaban J connectivity index is 1.70. The van der Waals surface area contributed by atoms with Gasteiger partial charge in [-0.3, -0.25) is 9.52 Å². The molecule has 0 bridgehead atoms. The number of carbonyl (C=O) groups is 1. The van der Waals surface area contributed by atoms with Gasteiger partial charge in [0.25, 0.3) is 15.9 Å². The van der Waals surface area contributed by atoms with E-state index in [-0.39, 0.29) is 16.5 Å². The molecule has 2 heterocycles. The Bertz CT molecular complexity index is 1160. The number of fused-ring (bicyclic) bond motifs is 1. The van der Waals surface area contributed by atoms with Crippen LogP contribution >= 0.6 is 0 Å². The molecule has 1 aliphatic heterocycles. The first-order valence-electron chi connectivity index (χ1n) is 9.22. The highest BCUT2D eigenvalue weighted by molar-refractivity contribution is 7.92. The second-order valence-corrected chi connectivity index (χ2v) is 8.65. The molecule has 8 nitrogen and oxygen atoms in total. The Morgan fingerprint density at radius 2 is 1.79 bits per heavy atom. The van der Waals surface area contributed by atoms with Crippen LogP contribution < -0.4 is 4.72 Å². The Kier molecular flexibility index (Phi) is 5.01. The molecule has 2 aromatic carbocycles. The SMILES string of the molecule is Cc1cccc(C)c1NS(=O)(=O)c1ccc2onc(C(=O)N3CCOCC3)c2c1. The number of benzene rings is 2. The lowest BCUT2D eigenvalue weighted by Gasteiger charge is -2.25. The van der Waals surface area contributed by atoms with E-state index in [0.29, 0.717) is 43.0 Å². The lowest BCUT2D eigenvalue weighted by molar-refractivity contribution is 0.0297. The fourth-order valence-electron chi connectivity index (χ4n) is 3.32. The molecule has 0 atom stereocenters. The monoisotopic (exact) mass is 415 g/mol. The summed E-state index contributed by atoms with van der Waals surface area (Å²) in [7, 11) is -3.86. The third-order valence-corrected chi connectivity index (χ3v) is 6.32. The van der Waals surface area contributed by atoms with Gasteiger partial charge >= 0.3 is 0 Å². The van der Waals surface area contributed by atoms with Gasteiger partial charge in [-0.25, -0.2) is 8.42 Å². The van der Waals surface area contributed by atoms with E-state index < -0.39 is 10.0 Å². The van der Waals surface area contributed by atoms with Gasteiger partial charge in [0.15, 0.2) is 11.3 Å². The van der Waals surface area contributed by atoms with Crippen molar-refractivity contribution in [2.24, 2.45) is 0 Å². The van der Waals surface area contributed by atoms with Gasteiger partial charge in [-0.2, -0.15) is 0 Å². The van der Waals surface area contributed by atoms with Gasteiger partial charge in [0.05, 0.1) is 29.2 Å². The molecule has 1 aliphatic rings. The van der Waals surface area contributed by atoms with Gasteiger partial charge in [-0.1, -0.05) is 23.4 Å².